The molecule has 0 aliphatic carbocycles. The van der Waals surface area contributed by atoms with Gasteiger partial charge in [-0.1, -0.05) is 0 Å². The molecule has 0 radical (unpaired) electrons. The number of hydrogen-bond donors (Lipinski definition) is 2. The van der Waals surface area contributed by atoms with Crippen LogP contribution in [0.3, 0.4) is 0 Å². The van der Waals surface area contributed by atoms with E-state index in [0.717, 1.165) is 32.5 Å². The van der Waals surface area contributed by atoms with Gasteiger partial charge in [0, 0.05) is 25.4 Å². The van der Waals surface area contributed by atoms with Crippen molar-refractivity contribution in [2.24, 2.45) is 5.92 Å². The third-order valence-electron chi connectivity index (χ3n) is 3.71. The van der Waals surface area contributed by atoms with Crippen molar-refractivity contribution in [2.45, 2.75) is 26.2 Å². The van der Waals surface area contributed by atoms with Crippen LogP contribution in [0, 0.1) is 5.92 Å². The molecule has 2 amide bonds. The molecular weight excluding hydrogens is 359 g/mol. The molecular formula is C14H24Cl2N4O2S. The van der Waals surface area contributed by atoms with Gasteiger partial charge in [0.2, 0.25) is 5.91 Å². The highest BCUT2D eigenvalue weighted by Crippen LogP contribution is 2.23. The van der Waals surface area contributed by atoms with Crippen LogP contribution in [0.25, 0.3) is 0 Å². The van der Waals surface area contributed by atoms with Crippen LogP contribution in [0.1, 0.15) is 36.7 Å². The minimum absolute atomic E-state index is 0. The van der Waals surface area contributed by atoms with Gasteiger partial charge in [0.1, 0.15) is 5.69 Å². The van der Waals surface area contributed by atoms with Crippen LogP contribution in [-0.4, -0.2) is 48.4 Å². The second-order valence-electron chi connectivity index (χ2n) is 5.35. The minimum atomic E-state index is -0.173. The van der Waals surface area contributed by atoms with E-state index in [2.05, 4.69) is 15.6 Å². The standard InChI is InChI=1S/C14H22N4O2S.2ClH/c1-10(19)16-14-17-12(9-21-14)13(20)18-7-4-11(5-8-18)3-6-15-2;;/h9,11,15H,3-8H2,1-2H3,(H,16,17,19);2*1H. The summed E-state index contributed by atoms with van der Waals surface area (Å²) < 4.78 is 0. The Bertz CT molecular complexity index is 505. The summed E-state index contributed by atoms with van der Waals surface area (Å²) in [6, 6.07) is 0. The van der Waals surface area contributed by atoms with Crippen LogP contribution in [0.2, 0.25) is 0 Å². The van der Waals surface area contributed by atoms with Crippen LogP contribution >= 0.6 is 36.2 Å². The highest BCUT2D eigenvalue weighted by atomic mass is 35.5. The lowest BCUT2D eigenvalue weighted by atomic mass is 9.93. The molecule has 2 N–H and O–H groups in total. The Labute approximate surface area is 153 Å². The summed E-state index contributed by atoms with van der Waals surface area (Å²) in [5, 5.41) is 7.96. The number of likely N-dealkylation sites (tertiary alicyclic amines) is 1. The van der Waals surface area contributed by atoms with Crippen molar-refractivity contribution in [3.8, 4) is 0 Å². The third-order valence-corrected chi connectivity index (χ3v) is 4.47. The van der Waals surface area contributed by atoms with E-state index in [1.54, 1.807) is 5.38 Å². The lowest BCUT2D eigenvalue weighted by Crippen LogP contribution is -2.39. The van der Waals surface area contributed by atoms with Crippen molar-refractivity contribution in [3.63, 3.8) is 0 Å². The first-order valence-corrected chi connectivity index (χ1v) is 8.15. The van der Waals surface area contributed by atoms with Gasteiger partial charge in [-0.2, -0.15) is 0 Å². The Balaban J connectivity index is 0.00000242. The predicted molar refractivity (Wildman–Crippen MR) is 98.1 cm³/mol. The summed E-state index contributed by atoms with van der Waals surface area (Å²) in [6.45, 7) is 4.05. The van der Waals surface area contributed by atoms with Gasteiger partial charge < -0.3 is 15.5 Å². The monoisotopic (exact) mass is 382 g/mol. The van der Waals surface area contributed by atoms with Crippen LogP contribution in [0.15, 0.2) is 5.38 Å². The van der Waals surface area contributed by atoms with E-state index in [9.17, 15) is 9.59 Å². The number of hydrogen-bond acceptors (Lipinski definition) is 5. The molecule has 23 heavy (non-hydrogen) atoms. The topological polar surface area (TPSA) is 74.3 Å². The van der Waals surface area contributed by atoms with Crippen LogP contribution in [0.4, 0.5) is 5.13 Å². The number of anilines is 1. The Morgan fingerprint density at radius 3 is 2.57 bits per heavy atom. The Morgan fingerprint density at radius 2 is 2.00 bits per heavy atom. The number of carbonyl (C=O) groups is 2. The molecule has 0 unspecified atom stereocenters. The van der Waals surface area contributed by atoms with Crippen LogP contribution in [0.5, 0.6) is 0 Å². The van der Waals surface area contributed by atoms with E-state index in [1.165, 1.54) is 24.7 Å². The summed E-state index contributed by atoms with van der Waals surface area (Å²) in [5.74, 6) is 0.496. The maximum Gasteiger partial charge on any atom is 0.273 e. The molecule has 0 aromatic carbocycles. The second-order valence-corrected chi connectivity index (χ2v) is 6.20. The van der Waals surface area contributed by atoms with Crippen molar-refractivity contribution >= 4 is 53.1 Å². The minimum Gasteiger partial charge on any atom is -0.337 e. The predicted octanol–water partition coefficient (Wildman–Crippen LogP) is 2.41. The van der Waals surface area contributed by atoms with E-state index in [-0.39, 0.29) is 36.6 Å². The third kappa shape index (κ3) is 6.63. The molecule has 1 aromatic heterocycles. The Morgan fingerprint density at radius 1 is 1.35 bits per heavy atom. The first kappa shape index (κ1) is 22.1. The zero-order valence-corrected chi connectivity index (χ0v) is 15.8. The lowest BCUT2D eigenvalue weighted by molar-refractivity contribution is -0.114. The van der Waals surface area contributed by atoms with E-state index in [1.807, 2.05) is 11.9 Å². The lowest BCUT2D eigenvalue weighted by Gasteiger charge is -2.31. The molecule has 0 saturated carbocycles. The number of halogens is 2. The summed E-state index contributed by atoms with van der Waals surface area (Å²) in [7, 11) is 1.97. The van der Waals surface area contributed by atoms with Gasteiger partial charge in [-0.3, -0.25) is 9.59 Å². The van der Waals surface area contributed by atoms with Gasteiger partial charge in [-0.05, 0) is 38.8 Å². The number of amides is 2. The van der Waals surface area contributed by atoms with Gasteiger partial charge in [0.05, 0.1) is 0 Å². The quantitative estimate of drug-likeness (QED) is 0.819. The van der Waals surface area contributed by atoms with Crippen molar-refractivity contribution in [2.75, 3.05) is 32.0 Å². The van der Waals surface area contributed by atoms with Crippen molar-refractivity contribution in [1.29, 1.82) is 0 Å². The molecule has 1 saturated heterocycles. The molecule has 1 fully saturated rings. The van der Waals surface area contributed by atoms with E-state index >= 15 is 0 Å². The normalized spacial score (nSPS) is 14.6. The number of thiazole rings is 1. The van der Waals surface area contributed by atoms with Gasteiger partial charge in [-0.25, -0.2) is 4.98 Å². The first-order chi connectivity index (χ1) is 10.1. The highest BCUT2D eigenvalue weighted by molar-refractivity contribution is 7.14. The van der Waals surface area contributed by atoms with Crippen LogP contribution in [-0.2, 0) is 4.79 Å². The van der Waals surface area contributed by atoms with Crippen LogP contribution < -0.4 is 10.6 Å². The van der Waals surface area contributed by atoms with Gasteiger partial charge >= 0.3 is 0 Å². The van der Waals surface area contributed by atoms with Gasteiger partial charge in [0.15, 0.2) is 5.13 Å². The summed E-state index contributed by atoms with van der Waals surface area (Å²) >= 11 is 1.28. The number of piperidine rings is 1. The average molecular weight is 383 g/mol. The molecule has 1 aliphatic heterocycles. The van der Waals surface area contributed by atoms with Gasteiger partial charge in [-0.15, -0.1) is 36.2 Å². The number of rotatable bonds is 5. The van der Waals surface area contributed by atoms with E-state index in [4.69, 9.17) is 0 Å². The Kier molecular flexibility index (Phi) is 10.4. The number of carbonyl (C=O) groups excluding carboxylic acids is 2. The fourth-order valence-corrected chi connectivity index (χ4v) is 3.25. The maximum atomic E-state index is 12.4. The average Bonchev–Trinajstić information content (AvgIpc) is 2.92. The second kappa shape index (κ2) is 10.8. The largest absolute Gasteiger partial charge is 0.337 e. The van der Waals surface area contributed by atoms with Crippen molar-refractivity contribution in [3.05, 3.63) is 11.1 Å². The maximum absolute atomic E-state index is 12.4. The molecule has 132 valence electrons. The smallest absolute Gasteiger partial charge is 0.273 e. The summed E-state index contributed by atoms with van der Waals surface area (Å²) in [5.41, 5.74) is 0.428. The molecule has 2 rings (SSSR count). The van der Waals surface area contributed by atoms with Crippen molar-refractivity contribution < 1.29 is 9.59 Å². The molecule has 1 aliphatic rings. The fraction of sp³-hybridized carbons (Fsp3) is 0.643. The molecule has 6 nitrogen and oxygen atoms in total. The van der Waals surface area contributed by atoms with Crippen molar-refractivity contribution in [1.82, 2.24) is 15.2 Å². The highest BCUT2D eigenvalue weighted by Gasteiger charge is 2.24. The zero-order chi connectivity index (χ0) is 15.2. The molecule has 0 atom stereocenters. The zero-order valence-electron chi connectivity index (χ0n) is 13.3. The van der Waals surface area contributed by atoms with Gasteiger partial charge in [0.25, 0.3) is 5.91 Å². The molecule has 9 heteroatoms. The Hall–Kier alpha value is -0.890. The number of nitrogens with one attached hydrogen (secondary N) is 2. The molecule has 2 heterocycles. The molecule has 0 spiro atoms. The van der Waals surface area contributed by atoms with E-state index in [0.29, 0.717) is 16.7 Å². The fourth-order valence-electron chi connectivity index (χ4n) is 2.52. The SMILES string of the molecule is CNCCC1CCN(C(=O)c2csc(NC(C)=O)n2)CC1.Cl.Cl. The first-order valence-electron chi connectivity index (χ1n) is 7.27. The number of nitrogens with zero attached hydrogens (tertiary/aromatic N) is 2. The number of aromatic nitrogens is 1. The summed E-state index contributed by atoms with van der Waals surface area (Å²) in [6.07, 6.45) is 3.27. The molecule has 1 aromatic rings. The van der Waals surface area contributed by atoms with E-state index < -0.39 is 0 Å². The molecule has 0 bridgehead atoms. The summed E-state index contributed by atoms with van der Waals surface area (Å²) in [4.78, 5) is 29.4.